The fourth-order valence-electron chi connectivity index (χ4n) is 2.74. The van der Waals surface area contributed by atoms with Crippen molar-refractivity contribution < 1.29 is 9.90 Å². The number of piperidine rings is 1. The molecule has 7 nitrogen and oxygen atoms in total. The number of anilines is 2. The molecule has 0 aliphatic carbocycles. The number of aliphatic hydroxyl groups excluding tert-OH is 1. The Balaban J connectivity index is 1.68. The first kappa shape index (κ1) is 15.4. The van der Waals surface area contributed by atoms with Gasteiger partial charge >= 0.3 is 0 Å². The van der Waals surface area contributed by atoms with Crippen LogP contribution >= 0.6 is 0 Å². The molecule has 23 heavy (non-hydrogen) atoms. The number of carbonyl (C=O) groups is 1. The van der Waals surface area contributed by atoms with Gasteiger partial charge in [0.15, 0.2) is 0 Å². The first-order valence-electron chi connectivity index (χ1n) is 7.64. The van der Waals surface area contributed by atoms with Gasteiger partial charge in [0.2, 0.25) is 11.9 Å². The van der Waals surface area contributed by atoms with Gasteiger partial charge in [-0.15, -0.1) is 0 Å². The average molecular weight is 313 g/mol. The summed E-state index contributed by atoms with van der Waals surface area (Å²) >= 11 is 0. The summed E-state index contributed by atoms with van der Waals surface area (Å²) in [5.74, 6) is 0.454. The molecule has 0 bridgehead atoms. The minimum absolute atomic E-state index is 0.0617. The molecule has 7 heteroatoms. The van der Waals surface area contributed by atoms with Crippen molar-refractivity contribution >= 4 is 17.5 Å². The molecule has 3 rings (SSSR count). The smallest absolute Gasteiger partial charge is 0.229 e. The summed E-state index contributed by atoms with van der Waals surface area (Å²) in [7, 11) is 0. The van der Waals surface area contributed by atoms with Gasteiger partial charge in [-0.1, -0.05) is 0 Å². The van der Waals surface area contributed by atoms with E-state index in [9.17, 15) is 9.90 Å². The summed E-state index contributed by atoms with van der Waals surface area (Å²) in [4.78, 5) is 27.0. The fraction of sp³-hybridized carbons (Fsp3) is 0.375. The summed E-state index contributed by atoms with van der Waals surface area (Å²) in [6, 6.07) is 3.47. The van der Waals surface area contributed by atoms with Crippen molar-refractivity contribution in [2.45, 2.75) is 19.4 Å². The van der Waals surface area contributed by atoms with E-state index in [1.54, 1.807) is 36.9 Å². The molecule has 2 aromatic heterocycles. The van der Waals surface area contributed by atoms with Gasteiger partial charge in [0.1, 0.15) is 0 Å². The lowest BCUT2D eigenvalue weighted by molar-refractivity contribution is -0.120. The SMILES string of the molecule is O=C(Nc1cnccc1CO)C1CCCN(c2ncccn2)C1. The first-order chi connectivity index (χ1) is 11.3. The van der Waals surface area contributed by atoms with Crippen molar-refractivity contribution in [1.82, 2.24) is 15.0 Å². The lowest BCUT2D eigenvalue weighted by Gasteiger charge is -2.32. The van der Waals surface area contributed by atoms with E-state index in [4.69, 9.17) is 0 Å². The Morgan fingerprint density at radius 1 is 1.35 bits per heavy atom. The normalized spacial score (nSPS) is 17.8. The van der Waals surface area contributed by atoms with E-state index in [0.717, 1.165) is 19.4 Å². The second kappa shape index (κ2) is 7.15. The van der Waals surface area contributed by atoms with E-state index in [1.165, 1.54) is 0 Å². The highest BCUT2D eigenvalue weighted by Gasteiger charge is 2.27. The van der Waals surface area contributed by atoms with Crippen LogP contribution < -0.4 is 10.2 Å². The number of pyridine rings is 1. The summed E-state index contributed by atoms with van der Waals surface area (Å²) in [5, 5.41) is 12.2. The molecule has 1 saturated heterocycles. The third kappa shape index (κ3) is 3.62. The van der Waals surface area contributed by atoms with E-state index in [-0.39, 0.29) is 18.4 Å². The van der Waals surface area contributed by atoms with Crippen molar-refractivity contribution in [1.29, 1.82) is 0 Å². The first-order valence-corrected chi connectivity index (χ1v) is 7.64. The number of aliphatic hydroxyl groups is 1. The Morgan fingerprint density at radius 3 is 2.96 bits per heavy atom. The monoisotopic (exact) mass is 313 g/mol. The largest absolute Gasteiger partial charge is 0.392 e. The lowest BCUT2D eigenvalue weighted by Crippen LogP contribution is -2.41. The maximum atomic E-state index is 12.5. The number of hydrogen-bond acceptors (Lipinski definition) is 6. The average Bonchev–Trinajstić information content (AvgIpc) is 2.63. The van der Waals surface area contributed by atoms with Gasteiger partial charge in [0.05, 0.1) is 24.4 Å². The van der Waals surface area contributed by atoms with Gasteiger partial charge < -0.3 is 15.3 Å². The maximum absolute atomic E-state index is 12.5. The van der Waals surface area contributed by atoms with Crippen molar-refractivity contribution in [2.75, 3.05) is 23.3 Å². The second-order valence-electron chi connectivity index (χ2n) is 5.51. The van der Waals surface area contributed by atoms with Crippen molar-refractivity contribution in [3.8, 4) is 0 Å². The predicted molar refractivity (Wildman–Crippen MR) is 85.8 cm³/mol. The van der Waals surface area contributed by atoms with E-state index in [2.05, 4.69) is 20.3 Å². The number of rotatable bonds is 4. The molecule has 3 heterocycles. The highest BCUT2D eigenvalue weighted by molar-refractivity contribution is 5.93. The predicted octanol–water partition coefficient (Wildman–Crippen LogP) is 1.22. The number of aromatic nitrogens is 3. The molecule has 0 aromatic carbocycles. The van der Waals surface area contributed by atoms with Crippen LogP contribution in [0.15, 0.2) is 36.9 Å². The quantitative estimate of drug-likeness (QED) is 0.882. The summed E-state index contributed by atoms with van der Waals surface area (Å²) in [5.41, 5.74) is 1.22. The fourth-order valence-corrected chi connectivity index (χ4v) is 2.74. The number of carbonyl (C=O) groups excluding carboxylic acids is 1. The molecular weight excluding hydrogens is 294 g/mol. The molecule has 1 amide bonds. The highest BCUT2D eigenvalue weighted by Crippen LogP contribution is 2.22. The third-order valence-corrected chi connectivity index (χ3v) is 3.97. The molecule has 1 atom stereocenters. The van der Waals surface area contributed by atoms with Gasteiger partial charge in [0, 0.05) is 37.2 Å². The van der Waals surface area contributed by atoms with Crippen LogP contribution in [0.2, 0.25) is 0 Å². The molecule has 2 N–H and O–H groups in total. The van der Waals surface area contributed by atoms with Crippen molar-refractivity contribution in [3.63, 3.8) is 0 Å². The molecule has 120 valence electrons. The molecule has 0 spiro atoms. The van der Waals surface area contributed by atoms with Crippen molar-refractivity contribution in [2.24, 2.45) is 5.92 Å². The number of hydrogen-bond donors (Lipinski definition) is 2. The van der Waals surface area contributed by atoms with Crippen LogP contribution in [-0.2, 0) is 11.4 Å². The van der Waals surface area contributed by atoms with Crippen LogP contribution in [0.4, 0.5) is 11.6 Å². The van der Waals surface area contributed by atoms with Gasteiger partial charge in [-0.2, -0.15) is 0 Å². The van der Waals surface area contributed by atoms with Crippen LogP contribution in [0.25, 0.3) is 0 Å². The third-order valence-electron chi connectivity index (χ3n) is 3.97. The number of amides is 1. The lowest BCUT2D eigenvalue weighted by atomic mass is 9.97. The Kier molecular flexibility index (Phi) is 4.77. The summed E-state index contributed by atoms with van der Waals surface area (Å²) < 4.78 is 0. The van der Waals surface area contributed by atoms with E-state index < -0.39 is 0 Å². The van der Waals surface area contributed by atoms with E-state index >= 15 is 0 Å². The highest BCUT2D eigenvalue weighted by atomic mass is 16.3. The zero-order valence-electron chi connectivity index (χ0n) is 12.7. The Labute approximate surface area is 134 Å². The van der Waals surface area contributed by atoms with Crippen molar-refractivity contribution in [3.05, 3.63) is 42.5 Å². The van der Waals surface area contributed by atoms with Gasteiger partial charge in [-0.25, -0.2) is 9.97 Å². The minimum atomic E-state index is -0.140. The van der Waals surface area contributed by atoms with E-state index in [1.807, 2.05) is 4.90 Å². The van der Waals surface area contributed by atoms with E-state index in [0.29, 0.717) is 23.7 Å². The standard InChI is InChI=1S/C16H19N5O2/c22-11-13-4-7-17-9-14(13)20-15(23)12-3-1-8-21(10-12)16-18-5-2-6-19-16/h2,4-7,9,12,22H,1,3,8,10-11H2,(H,20,23). The Hall–Kier alpha value is -2.54. The number of nitrogens with one attached hydrogen (secondary N) is 1. The molecule has 0 saturated carbocycles. The molecule has 2 aromatic rings. The van der Waals surface area contributed by atoms with Gasteiger partial charge in [-0.05, 0) is 25.0 Å². The second-order valence-corrected chi connectivity index (χ2v) is 5.51. The van der Waals surface area contributed by atoms with Crippen LogP contribution in [0.3, 0.4) is 0 Å². The van der Waals surface area contributed by atoms with Crippen LogP contribution in [0.1, 0.15) is 18.4 Å². The van der Waals surface area contributed by atoms with Crippen LogP contribution in [0, 0.1) is 5.92 Å². The molecule has 1 aliphatic heterocycles. The Bertz CT molecular complexity index is 665. The number of nitrogens with zero attached hydrogens (tertiary/aromatic N) is 4. The molecule has 1 unspecified atom stereocenters. The van der Waals surface area contributed by atoms with Crippen LogP contribution in [0.5, 0.6) is 0 Å². The summed E-state index contributed by atoms with van der Waals surface area (Å²) in [6.07, 6.45) is 8.30. The molecule has 1 aliphatic rings. The van der Waals surface area contributed by atoms with Gasteiger partial charge in [0.25, 0.3) is 0 Å². The van der Waals surface area contributed by atoms with Gasteiger partial charge in [-0.3, -0.25) is 9.78 Å². The Morgan fingerprint density at radius 2 is 2.17 bits per heavy atom. The molecular formula is C16H19N5O2. The molecule has 0 radical (unpaired) electrons. The topological polar surface area (TPSA) is 91.2 Å². The summed E-state index contributed by atoms with van der Waals surface area (Å²) in [6.45, 7) is 1.31. The maximum Gasteiger partial charge on any atom is 0.229 e. The zero-order valence-corrected chi connectivity index (χ0v) is 12.7. The molecule has 1 fully saturated rings. The zero-order chi connectivity index (χ0) is 16.1. The van der Waals surface area contributed by atoms with Crippen LogP contribution in [-0.4, -0.2) is 39.1 Å². The minimum Gasteiger partial charge on any atom is -0.392 e.